The van der Waals surface area contributed by atoms with Crippen LogP contribution in [0.15, 0.2) is 24.3 Å². The van der Waals surface area contributed by atoms with Crippen molar-refractivity contribution in [2.24, 2.45) is 0 Å². The zero-order chi connectivity index (χ0) is 13.7. The molecule has 18 heavy (non-hydrogen) atoms. The summed E-state index contributed by atoms with van der Waals surface area (Å²) < 4.78 is 9.14. The zero-order valence-electron chi connectivity index (χ0n) is 9.78. The fraction of sp³-hybridized carbons (Fsp3) is 0.273. The molecule has 0 aliphatic carbocycles. The van der Waals surface area contributed by atoms with E-state index in [0.717, 1.165) is 7.11 Å². The minimum absolute atomic E-state index is 0.210. The number of para-hydroxylation sites is 1. The summed E-state index contributed by atoms with van der Waals surface area (Å²) in [5, 5.41) is 10.7. The number of hydrogen-bond acceptors (Lipinski definition) is 6. The van der Waals surface area contributed by atoms with E-state index in [2.05, 4.69) is 4.74 Å². The van der Waals surface area contributed by atoms with Crippen LogP contribution < -0.4 is 0 Å². The average Bonchev–Trinajstić information content (AvgIpc) is 2.37. The van der Waals surface area contributed by atoms with Gasteiger partial charge in [-0.3, -0.25) is 10.1 Å². The maximum atomic E-state index is 11.7. The highest BCUT2D eigenvalue weighted by Gasteiger charge is 2.24. The van der Waals surface area contributed by atoms with Crippen LogP contribution in [0.1, 0.15) is 17.3 Å². The van der Waals surface area contributed by atoms with Crippen molar-refractivity contribution in [1.29, 1.82) is 0 Å². The Balaban J connectivity index is 2.91. The summed E-state index contributed by atoms with van der Waals surface area (Å²) in [6.45, 7) is 1.32. The summed E-state index contributed by atoms with van der Waals surface area (Å²) >= 11 is 0. The van der Waals surface area contributed by atoms with Gasteiger partial charge >= 0.3 is 11.9 Å². The number of rotatable bonds is 4. The third-order valence-corrected chi connectivity index (χ3v) is 2.14. The quantitative estimate of drug-likeness (QED) is 0.456. The van der Waals surface area contributed by atoms with Gasteiger partial charge in [0.15, 0.2) is 6.10 Å². The molecule has 0 aliphatic rings. The van der Waals surface area contributed by atoms with Gasteiger partial charge < -0.3 is 9.47 Å². The normalized spacial score (nSPS) is 11.4. The first-order valence-corrected chi connectivity index (χ1v) is 4.99. The van der Waals surface area contributed by atoms with Crippen LogP contribution in [-0.4, -0.2) is 30.1 Å². The number of nitro benzene ring substituents is 1. The van der Waals surface area contributed by atoms with E-state index >= 15 is 0 Å². The fourth-order valence-electron chi connectivity index (χ4n) is 1.24. The minimum Gasteiger partial charge on any atom is -0.466 e. The molecule has 0 N–H and O–H groups in total. The van der Waals surface area contributed by atoms with Gasteiger partial charge in [0.2, 0.25) is 0 Å². The SMILES string of the molecule is COC(=O)[C@H](C)OC(=O)c1ccccc1[N+](=O)[O-]. The minimum atomic E-state index is -1.12. The monoisotopic (exact) mass is 253 g/mol. The van der Waals surface area contributed by atoms with Crippen molar-refractivity contribution in [3.05, 3.63) is 39.9 Å². The summed E-state index contributed by atoms with van der Waals surface area (Å²) in [7, 11) is 1.15. The molecule has 0 saturated carbocycles. The van der Waals surface area contributed by atoms with E-state index in [-0.39, 0.29) is 11.3 Å². The summed E-state index contributed by atoms with van der Waals surface area (Å²) in [6.07, 6.45) is -1.12. The molecule has 7 heteroatoms. The predicted octanol–water partition coefficient (Wildman–Crippen LogP) is 1.31. The number of nitrogens with zero attached hydrogens (tertiary/aromatic N) is 1. The third-order valence-electron chi connectivity index (χ3n) is 2.14. The Labute approximate surface area is 102 Å². The van der Waals surface area contributed by atoms with Crippen molar-refractivity contribution in [3.63, 3.8) is 0 Å². The lowest BCUT2D eigenvalue weighted by atomic mass is 10.2. The molecule has 1 aromatic rings. The Morgan fingerprint density at radius 1 is 1.33 bits per heavy atom. The Morgan fingerprint density at radius 3 is 2.50 bits per heavy atom. The number of esters is 2. The molecule has 7 nitrogen and oxygen atoms in total. The van der Waals surface area contributed by atoms with Crippen molar-refractivity contribution in [3.8, 4) is 0 Å². The number of methoxy groups -OCH3 is 1. The van der Waals surface area contributed by atoms with E-state index < -0.39 is 23.0 Å². The van der Waals surface area contributed by atoms with Gasteiger partial charge in [-0.15, -0.1) is 0 Å². The molecule has 1 atom stereocenters. The van der Waals surface area contributed by atoms with Crippen LogP contribution in [0.3, 0.4) is 0 Å². The number of hydrogen-bond donors (Lipinski definition) is 0. The predicted molar refractivity (Wildman–Crippen MR) is 60.0 cm³/mol. The van der Waals surface area contributed by atoms with Gasteiger partial charge in [0.1, 0.15) is 5.56 Å². The van der Waals surface area contributed by atoms with Crippen LogP contribution in [0.5, 0.6) is 0 Å². The second kappa shape index (κ2) is 5.76. The van der Waals surface area contributed by atoms with Crippen LogP contribution in [0.2, 0.25) is 0 Å². The van der Waals surface area contributed by atoms with Crippen molar-refractivity contribution in [2.45, 2.75) is 13.0 Å². The van der Waals surface area contributed by atoms with Gasteiger partial charge in [-0.2, -0.15) is 0 Å². The van der Waals surface area contributed by atoms with Gasteiger partial charge in [-0.25, -0.2) is 9.59 Å². The Bertz CT molecular complexity index is 484. The molecule has 0 aromatic heterocycles. The summed E-state index contributed by atoms with van der Waals surface area (Å²) in [6, 6.07) is 5.33. The molecule has 0 amide bonds. The molecule has 96 valence electrons. The van der Waals surface area contributed by atoms with E-state index in [1.54, 1.807) is 0 Å². The van der Waals surface area contributed by atoms with Crippen molar-refractivity contribution in [1.82, 2.24) is 0 Å². The molecule has 0 fully saturated rings. The number of carbonyl (C=O) groups is 2. The average molecular weight is 253 g/mol. The van der Waals surface area contributed by atoms with Gasteiger partial charge in [0.05, 0.1) is 12.0 Å². The van der Waals surface area contributed by atoms with Gasteiger partial charge in [0.25, 0.3) is 5.69 Å². The standard InChI is InChI=1S/C11H11NO6/c1-7(10(13)17-2)18-11(14)8-5-3-4-6-9(8)12(15)16/h3-7H,1-2H3/t7-/m0/s1. The number of nitro groups is 1. The lowest BCUT2D eigenvalue weighted by Crippen LogP contribution is -2.25. The highest BCUT2D eigenvalue weighted by Crippen LogP contribution is 2.19. The maximum Gasteiger partial charge on any atom is 0.346 e. The molecule has 0 spiro atoms. The van der Waals surface area contributed by atoms with Crippen LogP contribution in [0.25, 0.3) is 0 Å². The van der Waals surface area contributed by atoms with Crippen LogP contribution in [0.4, 0.5) is 5.69 Å². The number of carbonyl (C=O) groups excluding carboxylic acids is 2. The molecular weight excluding hydrogens is 242 g/mol. The number of benzene rings is 1. The number of ether oxygens (including phenoxy) is 2. The van der Waals surface area contributed by atoms with Crippen molar-refractivity contribution >= 4 is 17.6 Å². The second-order valence-electron chi connectivity index (χ2n) is 3.34. The van der Waals surface area contributed by atoms with E-state index in [1.165, 1.54) is 31.2 Å². The van der Waals surface area contributed by atoms with Crippen LogP contribution in [-0.2, 0) is 14.3 Å². The van der Waals surface area contributed by atoms with Crippen LogP contribution >= 0.6 is 0 Å². The van der Waals surface area contributed by atoms with Gasteiger partial charge in [0, 0.05) is 6.07 Å². The van der Waals surface area contributed by atoms with E-state index in [0.29, 0.717) is 0 Å². The van der Waals surface area contributed by atoms with Crippen LogP contribution in [0, 0.1) is 10.1 Å². The summed E-state index contributed by atoms with van der Waals surface area (Å²) in [5.74, 6) is -1.68. The van der Waals surface area contributed by atoms with E-state index in [1.807, 2.05) is 0 Å². The first kappa shape index (κ1) is 13.6. The molecular formula is C11H11NO6. The van der Waals surface area contributed by atoms with E-state index in [4.69, 9.17) is 4.74 Å². The molecule has 0 aliphatic heterocycles. The Hall–Kier alpha value is -2.44. The van der Waals surface area contributed by atoms with Gasteiger partial charge in [-0.1, -0.05) is 12.1 Å². The van der Waals surface area contributed by atoms with Gasteiger partial charge in [-0.05, 0) is 13.0 Å². The topological polar surface area (TPSA) is 95.7 Å². The molecule has 1 rings (SSSR count). The largest absolute Gasteiger partial charge is 0.466 e. The van der Waals surface area contributed by atoms with Crippen molar-refractivity contribution < 1.29 is 24.0 Å². The molecule has 0 radical (unpaired) electrons. The highest BCUT2D eigenvalue weighted by molar-refractivity contribution is 5.95. The first-order chi connectivity index (χ1) is 8.47. The molecule has 0 heterocycles. The zero-order valence-corrected chi connectivity index (χ0v) is 9.78. The lowest BCUT2D eigenvalue weighted by molar-refractivity contribution is -0.385. The molecule has 0 bridgehead atoms. The Morgan fingerprint density at radius 2 is 1.94 bits per heavy atom. The summed E-state index contributed by atoms with van der Waals surface area (Å²) in [4.78, 5) is 32.7. The molecule has 1 aromatic carbocycles. The summed E-state index contributed by atoms with van der Waals surface area (Å²) in [5.41, 5.74) is -0.585. The van der Waals surface area contributed by atoms with E-state index in [9.17, 15) is 19.7 Å². The highest BCUT2D eigenvalue weighted by atomic mass is 16.6. The first-order valence-electron chi connectivity index (χ1n) is 4.99. The third kappa shape index (κ3) is 3.03. The second-order valence-corrected chi connectivity index (χ2v) is 3.34. The Kier molecular flexibility index (Phi) is 4.36. The molecule has 0 saturated heterocycles. The van der Waals surface area contributed by atoms with Crippen molar-refractivity contribution in [2.75, 3.05) is 7.11 Å². The smallest absolute Gasteiger partial charge is 0.346 e. The molecule has 0 unspecified atom stereocenters. The fourth-order valence-corrected chi connectivity index (χ4v) is 1.24. The maximum absolute atomic E-state index is 11.7. The lowest BCUT2D eigenvalue weighted by Gasteiger charge is -2.10.